The van der Waals surface area contributed by atoms with E-state index < -0.39 is 17.4 Å². The summed E-state index contributed by atoms with van der Waals surface area (Å²) >= 11 is 0. The van der Waals surface area contributed by atoms with E-state index in [0.29, 0.717) is 36.3 Å². The molecule has 1 aromatic carbocycles. The fourth-order valence-corrected chi connectivity index (χ4v) is 3.46. The number of pyridine rings is 1. The molecule has 1 amide bonds. The number of rotatable bonds is 2. The van der Waals surface area contributed by atoms with E-state index >= 15 is 0 Å². The third-order valence-electron chi connectivity index (χ3n) is 4.74. The molecule has 0 atom stereocenters. The first-order chi connectivity index (χ1) is 13.1. The largest absolute Gasteiger partial charge is 0.465 e. The summed E-state index contributed by atoms with van der Waals surface area (Å²) in [7, 11) is 1.33. The van der Waals surface area contributed by atoms with Gasteiger partial charge in [-0.3, -0.25) is 14.0 Å². The van der Waals surface area contributed by atoms with Crippen molar-refractivity contribution in [2.75, 3.05) is 18.6 Å². The van der Waals surface area contributed by atoms with Gasteiger partial charge >= 0.3 is 5.97 Å². The third kappa shape index (κ3) is 2.77. The number of ether oxygens (including phenoxy) is 1. The Bertz CT molecular complexity index is 1120. The number of hydrogen-bond acceptors (Lipinski definition) is 5. The van der Waals surface area contributed by atoms with Crippen LogP contribution in [0, 0.1) is 0 Å². The van der Waals surface area contributed by atoms with Crippen LogP contribution >= 0.6 is 0 Å². The van der Waals surface area contributed by atoms with Crippen LogP contribution in [-0.2, 0) is 11.2 Å². The van der Waals surface area contributed by atoms with E-state index in [1.54, 1.807) is 47.5 Å². The van der Waals surface area contributed by atoms with Gasteiger partial charge in [0.05, 0.1) is 12.7 Å². The average molecular weight is 363 g/mol. The molecule has 1 aliphatic heterocycles. The fraction of sp³-hybridized carbons (Fsp3) is 0.200. The van der Waals surface area contributed by atoms with Crippen molar-refractivity contribution in [2.24, 2.45) is 0 Å². The molecule has 0 bridgehead atoms. The SMILES string of the molecule is COC(=O)c1cccc2c1CCCN2C(=O)c1cnc2ccccn2c1=O. The second-order valence-corrected chi connectivity index (χ2v) is 6.26. The van der Waals surface area contributed by atoms with Crippen LogP contribution in [0.15, 0.2) is 53.6 Å². The normalized spacial score (nSPS) is 13.3. The molecule has 0 saturated carbocycles. The van der Waals surface area contributed by atoms with Gasteiger partial charge in [-0.15, -0.1) is 0 Å². The van der Waals surface area contributed by atoms with Crippen LogP contribution in [-0.4, -0.2) is 34.9 Å². The Morgan fingerprint density at radius 3 is 2.78 bits per heavy atom. The molecule has 0 radical (unpaired) electrons. The summed E-state index contributed by atoms with van der Waals surface area (Å²) in [6, 6.07) is 10.4. The van der Waals surface area contributed by atoms with Crippen LogP contribution in [0.1, 0.15) is 32.7 Å². The number of nitrogens with zero attached hydrogens (tertiary/aromatic N) is 3. The smallest absolute Gasteiger partial charge is 0.338 e. The second-order valence-electron chi connectivity index (χ2n) is 6.26. The van der Waals surface area contributed by atoms with Crippen molar-refractivity contribution in [1.82, 2.24) is 9.38 Å². The molecule has 4 rings (SSSR count). The van der Waals surface area contributed by atoms with Crippen molar-refractivity contribution >= 4 is 23.2 Å². The first-order valence-electron chi connectivity index (χ1n) is 8.60. The second kappa shape index (κ2) is 6.68. The number of carbonyl (C=O) groups excluding carboxylic acids is 2. The minimum atomic E-state index is -0.436. The van der Waals surface area contributed by atoms with Crippen molar-refractivity contribution < 1.29 is 14.3 Å². The molecule has 3 heterocycles. The molecule has 0 aliphatic carbocycles. The molecular weight excluding hydrogens is 346 g/mol. The summed E-state index contributed by atoms with van der Waals surface area (Å²) < 4.78 is 6.19. The Kier molecular flexibility index (Phi) is 4.19. The highest BCUT2D eigenvalue weighted by atomic mass is 16.5. The van der Waals surface area contributed by atoms with Gasteiger partial charge in [0.25, 0.3) is 11.5 Å². The summed E-state index contributed by atoms with van der Waals surface area (Å²) in [5.74, 6) is -0.859. The number of fused-ring (bicyclic) bond motifs is 2. The van der Waals surface area contributed by atoms with Crippen LogP contribution in [0.3, 0.4) is 0 Å². The Balaban J connectivity index is 1.80. The number of amides is 1. The zero-order valence-electron chi connectivity index (χ0n) is 14.7. The Labute approximate surface area is 154 Å². The van der Waals surface area contributed by atoms with Crippen molar-refractivity contribution in [1.29, 1.82) is 0 Å². The fourth-order valence-electron chi connectivity index (χ4n) is 3.46. The highest BCUT2D eigenvalue weighted by molar-refractivity contribution is 6.07. The summed E-state index contributed by atoms with van der Waals surface area (Å²) in [6.07, 6.45) is 4.26. The van der Waals surface area contributed by atoms with Crippen LogP contribution < -0.4 is 10.5 Å². The number of anilines is 1. The summed E-state index contributed by atoms with van der Waals surface area (Å²) in [4.78, 5) is 43.7. The molecule has 0 N–H and O–H groups in total. The van der Waals surface area contributed by atoms with Gasteiger partial charge in [-0.05, 0) is 42.7 Å². The van der Waals surface area contributed by atoms with E-state index in [2.05, 4.69) is 4.98 Å². The predicted octanol–water partition coefficient (Wildman–Crippen LogP) is 2.07. The molecule has 0 spiro atoms. The molecule has 0 unspecified atom stereocenters. The monoisotopic (exact) mass is 363 g/mol. The summed E-state index contributed by atoms with van der Waals surface area (Å²) in [5.41, 5.74) is 1.90. The van der Waals surface area contributed by atoms with Gasteiger partial charge in [-0.25, -0.2) is 9.78 Å². The number of benzene rings is 1. The molecule has 0 saturated heterocycles. The maximum absolute atomic E-state index is 13.1. The zero-order chi connectivity index (χ0) is 19.0. The van der Waals surface area contributed by atoms with Gasteiger partial charge in [0.15, 0.2) is 0 Å². The quantitative estimate of drug-likeness (QED) is 0.651. The van der Waals surface area contributed by atoms with E-state index in [1.807, 2.05) is 0 Å². The lowest BCUT2D eigenvalue weighted by atomic mass is 9.96. The lowest BCUT2D eigenvalue weighted by Gasteiger charge is -2.30. The third-order valence-corrected chi connectivity index (χ3v) is 4.74. The highest BCUT2D eigenvalue weighted by Gasteiger charge is 2.28. The highest BCUT2D eigenvalue weighted by Crippen LogP contribution is 2.31. The predicted molar refractivity (Wildman–Crippen MR) is 99.2 cm³/mol. The van der Waals surface area contributed by atoms with E-state index in [4.69, 9.17) is 4.74 Å². The molecule has 3 aromatic rings. The van der Waals surface area contributed by atoms with Crippen LogP contribution in [0.25, 0.3) is 5.65 Å². The van der Waals surface area contributed by atoms with Crippen LogP contribution in [0.4, 0.5) is 5.69 Å². The molecule has 1 aliphatic rings. The number of hydrogen-bond donors (Lipinski definition) is 0. The van der Waals surface area contributed by atoms with Crippen LogP contribution in [0.5, 0.6) is 0 Å². The van der Waals surface area contributed by atoms with Crippen molar-refractivity contribution in [2.45, 2.75) is 12.8 Å². The Hall–Kier alpha value is -3.48. The molecule has 2 aromatic heterocycles. The minimum absolute atomic E-state index is 0.00461. The number of esters is 1. The van der Waals surface area contributed by atoms with Crippen molar-refractivity contribution in [3.63, 3.8) is 0 Å². The zero-order valence-corrected chi connectivity index (χ0v) is 14.7. The molecule has 7 nitrogen and oxygen atoms in total. The van der Waals surface area contributed by atoms with Crippen molar-refractivity contribution in [3.8, 4) is 0 Å². The number of methoxy groups -OCH3 is 1. The first kappa shape index (κ1) is 17.0. The number of aromatic nitrogens is 2. The average Bonchev–Trinajstić information content (AvgIpc) is 2.72. The molecular formula is C20H17N3O4. The van der Waals surface area contributed by atoms with E-state index in [0.717, 1.165) is 5.56 Å². The molecule has 27 heavy (non-hydrogen) atoms. The van der Waals surface area contributed by atoms with Gasteiger partial charge in [0.2, 0.25) is 0 Å². The van der Waals surface area contributed by atoms with E-state index in [9.17, 15) is 14.4 Å². The lowest BCUT2D eigenvalue weighted by Crippen LogP contribution is -2.39. The maximum atomic E-state index is 13.1. The van der Waals surface area contributed by atoms with Crippen molar-refractivity contribution in [3.05, 3.63) is 75.8 Å². The maximum Gasteiger partial charge on any atom is 0.338 e. The Morgan fingerprint density at radius 2 is 1.96 bits per heavy atom. The van der Waals surface area contributed by atoms with Gasteiger partial charge in [0.1, 0.15) is 11.2 Å². The molecule has 136 valence electrons. The standard InChI is InChI=1S/C20H17N3O4/c1-27-20(26)14-6-4-8-16-13(14)7-5-11-22(16)18(24)15-12-21-17-9-2-3-10-23(17)19(15)25/h2-4,6,8-10,12H,5,7,11H2,1H3. The molecule has 0 fully saturated rings. The lowest BCUT2D eigenvalue weighted by molar-refractivity contribution is 0.0599. The van der Waals surface area contributed by atoms with Crippen LogP contribution in [0.2, 0.25) is 0 Å². The van der Waals surface area contributed by atoms with Gasteiger partial charge < -0.3 is 9.64 Å². The summed E-state index contributed by atoms with van der Waals surface area (Å²) in [5, 5.41) is 0. The number of carbonyl (C=O) groups is 2. The van der Waals surface area contributed by atoms with Gasteiger partial charge in [-0.1, -0.05) is 12.1 Å². The van der Waals surface area contributed by atoms with Gasteiger partial charge in [0, 0.05) is 24.6 Å². The topological polar surface area (TPSA) is 81.0 Å². The summed E-state index contributed by atoms with van der Waals surface area (Å²) in [6.45, 7) is 0.466. The Morgan fingerprint density at radius 1 is 1.11 bits per heavy atom. The van der Waals surface area contributed by atoms with E-state index in [1.165, 1.54) is 17.7 Å². The minimum Gasteiger partial charge on any atom is -0.465 e. The molecule has 7 heteroatoms. The van der Waals surface area contributed by atoms with Gasteiger partial charge in [-0.2, -0.15) is 0 Å². The first-order valence-corrected chi connectivity index (χ1v) is 8.60. The van der Waals surface area contributed by atoms with E-state index in [-0.39, 0.29) is 5.56 Å².